The summed E-state index contributed by atoms with van der Waals surface area (Å²) < 4.78 is 44.7. The molecule has 4 nitrogen and oxygen atoms in total. The van der Waals surface area contributed by atoms with Crippen molar-refractivity contribution in [3.63, 3.8) is 0 Å². The molecule has 1 aromatic carbocycles. The molecule has 8 heteroatoms. The molecule has 0 saturated carbocycles. The van der Waals surface area contributed by atoms with Crippen LogP contribution in [0, 0.1) is 3.57 Å². The quantitative estimate of drug-likeness (QED) is 0.765. The molecule has 1 N–H and O–H groups in total. The summed E-state index contributed by atoms with van der Waals surface area (Å²) >= 11 is 2.12. The molecule has 1 heterocycles. The highest BCUT2D eigenvalue weighted by atomic mass is 127. The monoisotopic (exact) mass is 409 g/mol. The Hall–Kier alpha value is -1.58. The van der Waals surface area contributed by atoms with Gasteiger partial charge in [-0.05, 0) is 53.8 Å². The molecule has 0 amide bonds. The maximum atomic E-state index is 12.8. The summed E-state index contributed by atoms with van der Waals surface area (Å²) in [5.41, 5.74) is 0. The van der Waals surface area contributed by atoms with E-state index in [2.05, 4.69) is 37.9 Å². The lowest BCUT2D eigenvalue weighted by Crippen LogP contribution is -2.13. The summed E-state index contributed by atoms with van der Waals surface area (Å²) in [4.78, 5) is 6.83. The van der Waals surface area contributed by atoms with E-state index in [4.69, 9.17) is 4.74 Å². The molecule has 1 aromatic heterocycles. The second-order valence-electron chi connectivity index (χ2n) is 4.00. The molecule has 2 aromatic rings. The Morgan fingerprint density at radius 1 is 1.19 bits per heavy atom. The molecule has 0 saturated heterocycles. The van der Waals surface area contributed by atoms with Crippen LogP contribution in [0.1, 0.15) is 12.7 Å². The fourth-order valence-corrected chi connectivity index (χ4v) is 1.86. The van der Waals surface area contributed by atoms with Gasteiger partial charge < -0.3 is 10.1 Å². The molecule has 112 valence electrons. The van der Waals surface area contributed by atoms with Gasteiger partial charge in [0.2, 0.25) is 11.7 Å². The molecular weight excluding hydrogens is 398 g/mol. The van der Waals surface area contributed by atoms with E-state index in [0.29, 0.717) is 12.3 Å². The highest BCUT2D eigenvalue weighted by molar-refractivity contribution is 14.1. The number of aromatic nitrogens is 2. The van der Waals surface area contributed by atoms with Gasteiger partial charge in [0.15, 0.2) is 0 Å². The molecule has 0 unspecified atom stereocenters. The van der Waals surface area contributed by atoms with Crippen LogP contribution in [0.25, 0.3) is 0 Å². The molecule has 0 radical (unpaired) electrons. The Bertz CT molecular complexity index is 617. The SMILES string of the molecule is CCNc1cc(Oc2ccc(I)cc2)nc(C(F)(F)F)n1. The number of rotatable bonds is 4. The van der Waals surface area contributed by atoms with Crippen LogP contribution in [0.15, 0.2) is 30.3 Å². The Morgan fingerprint density at radius 3 is 2.43 bits per heavy atom. The lowest BCUT2D eigenvalue weighted by Gasteiger charge is -2.11. The van der Waals surface area contributed by atoms with Crippen LogP contribution in [-0.2, 0) is 6.18 Å². The molecular formula is C13H11F3IN3O. The molecule has 21 heavy (non-hydrogen) atoms. The van der Waals surface area contributed by atoms with Crippen LogP contribution in [0.4, 0.5) is 19.0 Å². The van der Waals surface area contributed by atoms with Gasteiger partial charge in [-0.15, -0.1) is 0 Å². The van der Waals surface area contributed by atoms with Crippen LogP contribution < -0.4 is 10.1 Å². The van der Waals surface area contributed by atoms with Gasteiger partial charge in [0.05, 0.1) is 0 Å². The van der Waals surface area contributed by atoms with E-state index in [-0.39, 0.29) is 11.7 Å². The second kappa shape index (κ2) is 6.46. The molecule has 0 spiro atoms. The number of nitrogens with zero attached hydrogens (tertiary/aromatic N) is 2. The van der Waals surface area contributed by atoms with Crippen molar-refractivity contribution in [3.8, 4) is 11.6 Å². The lowest BCUT2D eigenvalue weighted by atomic mass is 10.3. The zero-order valence-corrected chi connectivity index (χ0v) is 13.1. The molecule has 0 aliphatic carbocycles. The van der Waals surface area contributed by atoms with Crippen LogP contribution >= 0.6 is 22.6 Å². The van der Waals surface area contributed by atoms with Gasteiger partial charge in [0, 0.05) is 16.2 Å². The minimum atomic E-state index is -4.63. The number of benzene rings is 1. The first kappa shape index (κ1) is 15.8. The lowest BCUT2D eigenvalue weighted by molar-refractivity contribution is -0.145. The first-order valence-corrected chi connectivity index (χ1v) is 7.10. The number of anilines is 1. The van der Waals surface area contributed by atoms with E-state index in [1.165, 1.54) is 6.07 Å². The minimum absolute atomic E-state index is 0.0698. The Labute approximate surface area is 132 Å². The average Bonchev–Trinajstić information content (AvgIpc) is 2.41. The first-order chi connectivity index (χ1) is 9.88. The Kier molecular flexibility index (Phi) is 4.86. The van der Waals surface area contributed by atoms with Crippen molar-refractivity contribution in [2.24, 2.45) is 0 Å². The molecule has 2 rings (SSSR count). The first-order valence-electron chi connectivity index (χ1n) is 6.02. The summed E-state index contributed by atoms with van der Waals surface area (Å²) in [6.45, 7) is 2.20. The van der Waals surface area contributed by atoms with Gasteiger partial charge in [-0.25, -0.2) is 4.98 Å². The van der Waals surface area contributed by atoms with Crippen molar-refractivity contribution in [2.75, 3.05) is 11.9 Å². The predicted molar refractivity (Wildman–Crippen MR) is 80.4 cm³/mol. The van der Waals surface area contributed by atoms with Crippen LogP contribution in [0.3, 0.4) is 0 Å². The minimum Gasteiger partial charge on any atom is -0.439 e. The van der Waals surface area contributed by atoms with E-state index >= 15 is 0 Å². The summed E-state index contributed by atoms with van der Waals surface area (Å²) in [6.07, 6.45) is -4.63. The third-order valence-electron chi connectivity index (χ3n) is 2.35. The molecule has 0 atom stereocenters. The number of nitrogens with one attached hydrogen (secondary N) is 1. The van der Waals surface area contributed by atoms with Gasteiger partial charge >= 0.3 is 6.18 Å². The third kappa shape index (κ3) is 4.45. The fraction of sp³-hybridized carbons (Fsp3) is 0.231. The van der Waals surface area contributed by atoms with Crippen molar-refractivity contribution in [3.05, 3.63) is 39.7 Å². The highest BCUT2D eigenvalue weighted by Gasteiger charge is 2.35. The van der Waals surface area contributed by atoms with Gasteiger partial charge in [-0.2, -0.15) is 18.2 Å². The largest absolute Gasteiger partial charge is 0.451 e. The van der Waals surface area contributed by atoms with Gasteiger partial charge in [-0.3, -0.25) is 0 Å². The van der Waals surface area contributed by atoms with E-state index in [1.807, 2.05) is 0 Å². The van der Waals surface area contributed by atoms with Gasteiger partial charge in [0.1, 0.15) is 11.6 Å². The maximum Gasteiger partial charge on any atom is 0.451 e. The third-order valence-corrected chi connectivity index (χ3v) is 3.07. The maximum absolute atomic E-state index is 12.8. The van der Waals surface area contributed by atoms with Crippen LogP contribution in [0.2, 0.25) is 0 Å². The standard InChI is InChI=1S/C13H11F3IN3O/c1-2-18-10-7-11(20-12(19-10)13(14,15)16)21-9-5-3-8(17)4-6-9/h3-7H,2H2,1H3,(H,18,19,20). The number of hydrogen-bond donors (Lipinski definition) is 1. The van der Waals surface area contributed by atoms with Crippen molar-refractivity contribution < 1.29 is 17.9 Å². The topological polar surface area (TPSA) is 47.0 Å². The summed E-state index contributed by atoms with van der Waals surface area (Å²) in [5, 5.41) is 2.72. The average molecular weight is 409 g/mol. The fourth-order valence-electron chi connectivity index (χ4n) is 1.50. The van der Waals surface area contributed by atoms with Crippen LogP contribution in [-0.4, -0.2) is 16.5 Å². The number of hydrogen-bond acceptors (Lipinski definition) is 4. The van der Waals surface area contributed by atoms with Crippen molar-refractivity contribution in [1.29, 1.82) is 0 Å². The van der Waals surface area contributed by atoms with Crippen molar-refractivity contribution in [1.82, 2.24) is 9.97 Å². The zero-order valence-electron chi connectivity index (χ0n) is 10.9. The summed E-state index contributed by atoms with van der Waals surface area (Å²) in [5.74, 6) is -0.916. The number of ether oxygens (including phenoxy) is 1. The Morgan fingerprint density at radius 2 is 1.86 bits per heavy atom. The normalized spacial score (nSPS) is 11.3. The molecule has 0 fully saturated rings. The van der Waals surface area contributed by atoms with Gasteiger partial charge in [-0.1, -0.05) is 0 Å². The Balaban J connectivity index is 2.33. The van der Waals surface area contributed by atoms with Crippen molar-refractivity contribution in [2.45, 2.75) is 13.1 Å². The highest BCUT2D eigenvalue weighted by Crippen LogP contribution is 2.30. The number of alkyl halides is 3. The van der Waals surface area contributed by atoms with E-state index in [9.17, 15) is 13.2 Å². The van der Waals surface area contributed by atoms with E-state index < -0.39 is 12.0 Å². The number of halogens is 4. The zero-order chi connectivity index (χ0) is 15.5. The predicted octanol–water partition coefficient (Wildman–Crippen LogP) is 4.32. The molecule has 0 aliphatic heterocycles. The van der Waals surface area contributed by atoms with Gasteiger partial charge in [0.25, 0.3) is 0 Å². The summed E-state index contributed by atoms with van der Waals surface area (Å²) in [7, 11) is 0. The summed E-state index contributed by atoms with van der Waals surface area (Å²) in [6, 6.07) is 8.21. The van der Waals surface area contributed by atoms with E-state index in [1.54, 1.807) is 31.2 Å². The molecule has 0 aliphatic rings. The van der Waals surface area contributed by atoms with Crippen LogP contribution in [0.5, 0.6) is 11.6 Å². The second-order valence-corrected chi connectivity index (χ2v) is 5.24. The van der Waals surface area contributed by atoms with Crippen molar-refractivity contribution >= 4 is 28.4 Å². The molecule has 0 bridgehead atoms. The smallest absolute Gasteiger partial charge is 0.439 e. The van der Waals surface area contributed by atoms with E-state index in [0.717, 1.165) is 3.57 Å².